The van der Waals surface area contributed by atoms with Crippen molar-refractivity contribution in [1.29, 1.82) is 5.26 Å². The Labute approximate surface area is 98.8 Å². The number of halogens is 5. The van der Waals surface area contributed by atoms with E-state index in [1.54, 1.807) is 6.07 Å². The minimum Gasteiger partial charge on any atom is -0.405 e. The third-order valence-electron chi connectivity index (χ3n) is 2.09. The molecule has 0 saturated heterocycles. The van der Waals surface area contributed by atoms with Crippen molar-refractivity contribution in [2.75, 3.05) is 0 Å². The molecule has 0 aromatic carbocycles. The summed E-state index contributed by atoms with van der Waals surface area (Å²) in [5.74, 6) is -0.988. The van der Waals surface area contributed by atoms with Crippen LogP contribution in [0, 0.1) is 18.3 Å². The molecule has 0 radical (unpaired) electrons. The van der Waals surface area contributed by atoms with E-state index in [-0.39, 0.29) is 17.7 Å². The molecule has 1 rings (SSSR count). The van der Waals surface area contributed by atoms with E-state index in [9.17, 15) is 22.0 Å². The third kappa shape index (κ3) is 3.29. The lowest BCUT2D eigenvalue weighted by Crippen LogP contribution is -2.19. The standard InChI is InChI=1S/C10H7F5N2O/c1-5-7(2-3-16)17-4-6(9(11)12)8(5)18-10(13,14)15/h4,9H,2H2,1H3. The fourth-order valence-electron chi connectivity index (χ4n) is 1.31. The fourth-order valence-corrected chi connectivity index (χ4v) is 1.31. The summed E-state index contributed by atoms with van der Waals surface area (Å²) in [6.07, 6.45) is -7.93. The maximum atomic E-state index is 12.5. The molecule has 0 spiro atoms. The van der Waals surface area contributed by atoms with Gasteiger partial charge < -0.3 is 4.74 Å². The van der Waals surface area contributed by atoms with Gasteiger partial charge in [0.15, 0.2) is 0 Å². The smallest absolute Gasteiger partial charge is 0.405 e. The molecule has 0 unspecified atom stereocenters. The molecular weight excluding hydrogens is 259 g/mol. The largest absolute Gasteiger partial charge is 0.573 e. The van der Waals surface area contributed by atoms with Crippen molar-refractivity contribution in [3.05, 3.63) is 23.0 Å². The highest BCUT2D eigenvalue weighted by atomic mass is 19.4. The first-order valence-corrected chi connectivity index (χ1v) is 4.65. The summed E-state index contributed by atoms with van der Waals surface area (Å²) < 4.78 is 65.1. The van der Waals surface area contributed by atoms with E-state index in [0.717, 1.165) is 6.92 Å². The molecule has 0 saturated carbocycles. The second-order valence-electron chi connectivity index (χ2n) is 3.30. The van der Waals surface area contributed by atoms with E-state index in [2.05, 4.69) is 9.72 Å². The van der Waals surface area contributed by atoms with Crippen LogP contribution in [0.15, 0.2) is 6.20 Å². The van der Waals surface area contributed by atoms with Gasteiger partial charge in [-0.05, 0) is 6.92 Å². The van der Waals surface area contributed by atoms with Crippen molar-refractivity contribution in [1.82, 2.24) is 4.98 Å². The zero-order chi connectivity index (χ0) is 13.9. The van der Waals surface area contributed by atoms with Gasteiger partial charge in [0, 0.05) is 11.8 Å². The molecule has 0 aliphatic heterocycles. The van der Waals surface area contributed by atoms with E-state index in [1.807, 2.05) is 0 Å². The van der Waals surface area contributed by atoms with Crippen LogP contribution in [0.3, 0.4) is 0 Å². The van der Waals surface area contributed by atoms with Gasteiger partial charge in [-0.15, -0.1) is 13.2 Å². The molecule has 98 valence electrons. The predicted octanol–water partition coefficient (Wildman–Crippen LogP) is 3.29. The zero-order valence-corrected chi connectivity index (χ0v) is 9.05. The SMILES string of the molecule is Cc1c(CC#N)ncc(C(F)F)c1OC(F)(F)F. The van der Waals surface area contributed by atoms with Gasteiger partial charge >= 0.3 is 6.36 Å². The number of rotatable bonds is 3. The molecule has 1 aromatic rings. The maximum Gasteiger partial charge on any atom is 0.573 e. The molecule has 0 atom stereocenters. The topological polar surface area (TPSA) is 45.9 Å². The average Bonchev–Trinajstić information content (AvgIpc) is 2.22. The van der Waals surface area contributed by atoms with Crippen molar-refractivity contribution in [3.63, 3.8) is 0 Å². The summed E-state index contributed by atoms with van der Waals surface area (Å²) in [5, 5.41) is 8.44. The molecule has 8 heteroatoms. The average molecular weight is 266 g/mol. The summed E-state index contributed by atoms with van der Waals surface area (Å²) in [5.41, 5.74) is -1.20. The van der Waals surface area contributed by atoms with Crippen LogP contribution in [0.4, 0.5) is 22.0 Å². The summed E-state index contributed by atoms with van der Waals surface area (Å²) in [7, 11) is 0. The number of pyridine rings is 1. The van der Waals surface area contributed by atoms with Crippen LogP contribution in [-0.2, 0) is 6.42 Å². The first kappa shape index (κ1) is 14.2. The highest BCUT2D eigenvalue weighted by Gasteiger charge is 2.34. The van der Waals surface area contributed by atoms with Crippen molar-refractivity contribution in [3.8, 4) is 11.8 Å². The number of nitriles is 1. The highest BCUT2D eigenvalue weighted by molar-refractivity contribution is 5.43. The molecule has 1 heterocycles. The number of aromatic nitrogens is 1. The lowest BCUT2D eigenvalue weighted by molar-refractivity contribution is -0.275. The van der Waals surface area contributed by atoms with E-state index in [0.29, 0.717) is 6.20 Å². The summed E-state index contributed by atoms with van der Waals surface area (Å²) >= 11 is 0. The van der Waals surface area contributed by atoms with Crippen molar-refractivity contribution in [2.45, 2.75) is 26.1 Å². The predicted molar refractivity (Wildman–Crippen MR) is 49.9 cm³/mol. The molecule has 0 aliphatic carbocycles. The fraction of sp³-hybridized carbons (Fsp3) is 0.400. The second-order valence-corrected chi connectivity index (χ2v) is 3.30. The lowest BCUT2D eigenvalue weighted by atomic mass is 10.1. The normalized spacial score (nSPS) is 11.4. The minimum atomic E-state index is -5.08. The molecule has 0 amide bonds. The Morgan fingerprint density at radius 2 is 2.06 bits per heavy atom. The van der Waals surface area contributed by atoms with E-state index in [4.69, 9.17) is 5.26 Å². The van der Waals surface area contributed by atoms with Crippen molar-refractivity contribution in [2.24, 2.45) is 0 Å². The molecule has 0 aliphatic rings. The number of ether oxygens (including phenoxy) is 1. The van der Waals surface area contributed by atoms with Crippen LogP contribution in [0.25, 0.3) is 0 Å². The first-order valence-electron chi connectivity index (χ1n) is 4.65. The lowest BCUT2D eigenvalue weighted by Gasteiger charge is -2.16. The molecule has 3 nitrogen and oxygen atoms in total. The Bertz CT molecular complexity index is 478. The summed E-state index contributed by atoms with van der Waals surface area (Å²) in [6.45, 7) is 1.15. The van der Waals surface area contributed by atoms with Crippen LogP contribution >= 0.6 is 0 Å². The van der Waals surface area contributed by atoms with Gasteiger partial charge in [-0.3, -0.25) is 4.98 Å². The van der Waals surface area contributed by atoms with Crippen molar-refractivity contribution < 1.29 is 26.7 Å². The van der Waals surface area contributed by atoms with E-state index < -0.39 is 24.1 Å². The molecule has 1 aromatic heterocycles. The second kappa shape index (κ2) is 5.16. The quantitative estimate of drug-likeness (QED) is 0.788. The summed E-state index contributed by atoms with van der Waals surface area (Å²) in [4.78, 5) is 3.53. The Morgan fingerprint density at radius 1 is 1.44 bits per heavy atom. The molecule has 0 N–H and O–H groups in total. The van der Waals surface area contributed by atoms with Gasteiger partial charge in [0.25, 0.3) is 6.43 Å². The van der Waals surface area contributed by atoms with Gasteiger partial charge in [-0.1, -0.05) is 0 Å². The van der Waals surface area contributed by atoms with Gasteiger partial charge in [0.05, 0.1) is 23.7 Å². The Morgan fingerprint density at radius 3 is 2.50 bits per heavy atom. The van der Waals surface area contributed by atoms with Crippen LogP contribution in [0.2, 0.25) is 0 Å². The van der Waals surface area contributed by atoms with Gasteiger partial charge in [-0.2, -0.15) is 5.26 Å². The first-order chi connectivity index (χ1) is 8.26. The Balaban J connectivity index is 3.32. The van der Waals surface area contributed by atoms with E-state index >= 15 is 0 Å². The number of hydrogen-bond acceptors (Lipinski definition) is 3. The van der Waals surface area contributed by atoms with Gasteiger partial charge in [-0.25, -0.2) is 8.78 Å². The minimum absolute atomic E-state index is 0.0267. The monoisotopic (exact) mass is 266 g/mol. The van der Waals surface area contributed by atoms with E-state index in [1.165, 1.54) is 0 Å². The number of alkyl halides is 5. The molecule has 0 fully saturated rings. The molecule has 18 heavy (non-hydrogen) atoms. The maximum absolute atomic E-state index is 12.5. The van der Waals surface area contributed by atoms with Crippen LogP contribution in [0.1, 0.15) is 23.2 Å². The summed E-state index contributed by atoms with van der Waals surface area (Å²) in [6, 6.07) is 1.68. The number of hydrogen-bond donors (Lipinski definition) is 0. The number of nitrogens with zero attached hydrogens (tertiary/aromatic N) is 2. The highest BCUT2D eigenvalue weighted by Crippen LogP contribution is 2.36. The Kier molecular flexibility index (Phi) is 4.06. The van der Waals surface area contributed by atoms with Crippen molar-refractivity contribution >= 4 is 0 Å². The Hall–Kier alpha value is -1.91. The van der Waals surface area contributed by atoms with Crippen LogP contribution in [-0.4, -0.2) is 11.3 Å². The van der Waals surface area contributed by atoms with Crippen LogP contribution < -0.4 is 4.74 Å². The van der Waals surface area contributed by atoms with Gasteiger partial charge in [0.1, 0.15) is 5.75 Å². The molecule has 0 bridgehead atoms. The third-order valence-corrected chi connectivity index (χ3v) is 2.09. The van der Waals surface area contributed by atoms with Gasteiger partial charge in [0.2, 0.25) is 0 Å². The molecular formula is C10H7F5N2O. The van der Waals surface area contributed by atoms with Crippen LogP contribution in [0.5, 0.6) is 5.75 Å². The zero-order valence-electron chi connectivity index (χ0n) is 9.05.